The Morgan fingerprint density at radius 2 is 0.0690 bits per heavy atom. The van der Waals surface area contributed by atoms with Crippen molar-refractivity contribution >= 4 is 0 Å². The Hall–Kier alpha value is 3.32. The molecule has 0 atom stereocenters. The maximum absolute atomic E-state index is 0. The Bertz CT molecular complexity index is 24.6. The molecule has 0 rings (SSSR count). The zero-order chi connectivity index (χ0) is 0. The summed E-state index contributed by atoms with van der Waals surface area (Å²) in [5.41, 5.74) is 0. The first kappa shape index (κ1) is 2880. The van der Waals surface area contributed by atoms with Crippen LogP contribution in [0.5, 0.6) is 0 Å². The van der Waals surface area contributed by atoms with Crippen LogP contribution in [0.15, 0.2) is 0 Å². The van der Waals surface area contributed by atoms with Gasteiger partial charge in [-0.1, -0.05) is 0 Å². The SMILES string of the molecule is O.O.O.O.O.O.O.O.O.O.O.O.O.O.O.O.O.O.O.O.O.[Cu].[Cu].[Cu].[Cu].[Cu].[Cu].[Cu].[Cu]. The Kier molecular flexibility index (Phi) is 260000. The molecule has 21 nitrogen and oxygen atoms in total. The molecule has 0 aromatic rings. The van der Waals surface area contributed by atoms with Gasteiger partial charge < -0.3 is 115 Å². The van der Waals surface area contributed by atoms with E-state index in [9.17, 15) is 0 Å². The third-order valence-corrected chi connectivity index (χ3v) is 0. The molecule has 0 aromatic carbocycles. The van der Waals surface area contributed by atoms with E-state index in [0.717, 1.165) is 0 Å². The van der Waals surface area contributed by atoms with E-state index in [0.29, 0.717) is 0 Å². The monoisotopic (exact) mass is 882 g/mol. The maximum atomic E-state index is 0. The third-order valence-electron chi connectivity index (χ3n) is 0. The summed E-state index contributed by atoms with van der Waals surface area (Å²) < 4.78 is 0. The van der Waals surface area contributed by atoms with Crippen molar-refractivity contribution in [3.05, 3.63) is 0 Å². The van der Waals surface area contributed by atoms with Crippen LogP contribution in [-0.2, 0) is 137 Å². The van der Waals surface area contributed by atoms with Crippen LogP contribution in [0, 0.1) is 0 Å². The molecule has 0 saturated heterocycles. The van der Waals surface area contributed by atoms with Crippen molar-refractivity contribution in [1.29, 1.82) is 0 Å². The molecule has 256 valence electrons. The van der Waals surface area contributed by atoms with Crippen molar-refractivity contribution in [2.45, 2.75) is 0 Å². The van der Waals surface area contributed by atoms with Gasteiger partial charge in [0, 0.05) is 137 Å². The third kappa shape index (κ3) is 2450. The molecule has 0 unspecified atom stereocenters. The largest absolute Gasteiger partial charge is 0.412 e. The number of rotatable bonds is 0. The van der Waals surface area contributed by atoms with Gasteiger partial charge in [0.2, 0.25) is 0 Å². The van der Waals surface area contributed by atoms with Gasteiger partial charge >= 0.3 is 0 Å². The standard InChI is InChI=1S/8Cu.21H2O/h;;;;;;;;21*1H2. The van der Waals surface area contributed by atoms with Crippen molar-refractivity contribution in [1.82, 2.24) is 0 Å². The van der Waals surface area contributed by atoms with E-state index in [2.05, 4.69) is 0 Å². The van der Waals surface area contributed by atoms with Crippen LogP contribution in [0.1, 0.15) is 0 Å². The molecule has 29 heavy (non-hydrogen) atoms. The zero-order valence-corrected chi connectivity index (χ0v) is 20.4. The van der Waals surface area contributed by atoms with Crippen molar-refractivity contribution < 1.29 is 252 Å². The van der Waals surface area contributed by atoms with Gasteiger partial charge in [0.25, 0.3) is 0 Å². The maximum Gasteiger partial charge on any atom is 0 e. The molecule has 0 fully saturated rings. The Morgan fingerprint density at radius 3 is 0.0690 bits per heavy atom. The summed E-state index contributed by atoms with van der Waals surface area (Å²) in [5.74, 6) is 0. The van der Waals surface area contributed by atoms with Crippen molar-refractivity contribution in [2.75, 3.05) is 0 Å². The Labute approximate surface area is 249 Å². The number of hydrogen-bond donors (Lipinski definition) is 0. The van der Waals surface area contributed by atoms with Gasteiger partial charge in [-0.25, -0.2) is 0 Å². The molecule has 0 aromatic heterocycles. The smallest absolute Gasteiger partial charge is 0 e. The summed E-state index contributed by atoms with van der Waals surface area (Å²) in [5, 5.41) is 0. The van der Waals surface area contributed by atoms with Crippen molar-refractivity contribution in [2.24, 2.45) is 0 Å². The van der Waals surface area contributed by atoms with Crippen LogP contribution in [0.4, 0.5) is 0 Å². The van der Waals surface area contributed by atoms with E-state index in [1.807, 2.05) is 0 Å². The van der Waals surface area contributed by atoms with E-state index in [4.69, 9.17) is 0 Å². The van der Waals surface area contributed by atoms with Gasteiger partial charge in [0.05, 0.1) is 0 Å². The van der Waals surface area contributed by atoms with E-state index in [1.165, 1.54) is 0 Å². The van der Waals surface area contributed by atoms with Gasteiger partial charge in [-0.05, 0) is 0 Å². The summed E-state index contributed by atoms with van der Waals surface area (Å²) >= 11 is 0. The average Bonchev–Trinajstić information content (AvgIpc) is 0. The molecule has 0 aliphatic carbocycles. The second-order valence-corrected chi connectivity index (χ2v) is 0. The van der Waals surface area contributed by atoms with E-state index >= 15 is 0 Å². The quantitative estimate of drug-likeness (QED) is 0.205. The first-order valence-electron chi connectivity index (χ1n) is 0. The fraction of sp³-hybridized carbons (Fsp3) is 0. The topological polar surface area (TPSA) is 662 Å². The summed E-state index contributed by atoms with van der Waals surface area (Å²) in [6.45, 7) is 0. The van der Waals surface area contributed by atoms with Crippen LogP contribution in [0.3, 0.4) is 0 Å². The molecule has 0 spiro atoms. The molecule has 8 radical (unpaired) electrons. The minimum atomic E-state index is 0. The second kappa shape index (κ2) is 2620. The predicted octanol–water partition coefficient (Wildman–Crippen LogP) is -17.3. The van der Waals surface area contributed by atoms with Gasteiger partial charge in [-0.2, -0.15) is 0 Å². The normalized spacial score (nSPS) is 0. The molecule has 0 heterocycles. The molecule has 0 aliphatic heterocycles. The summed E-state index contributed by atoms with van der Waals surface area (Å²) in [4.78, 5) is 0. The average molecular weight is 887 g/mol. The molecule has 0 saturated carbocycles. The second-order valence-electron chi connectivity index (χ2n) is 0. The van der Waals surface area contributed by atoms with Crippen LogP contribution < -0.4 is 0 Å². The molecule has 29 heteroatoms. The number of hydrogen-bond acceptors (Lipinski definition) is 0. The van der Waals surface area contributed by atoms with Crippen molar-refractivity contribution in [3.63, 3.8) is 0 Å². The molecule has 0 bridgehead atoms. The van der Waals surface area contributed by atoms with E-state index in [1.54, 1.807) is 0 Å². The van der Waals surface area contributed by atoms with Gasteiger partial charge in [0.1, 0.15) is 0 Å². The Morgan fingerprint density at radius 1 is 0.0690 bits per heavy atom. The molecular formula is H42Cu8O21. The summed E-state index contributed by atoms with van der Waals surface area (Å²) in [6.07, 6.45) is 0. The minimum Gasteiger partial charge on any atom is -0.412 e. The van der Waals surface area contributed by atoms with Crippen molar-refractivity contribution in [3.8, 4) is 0 Å². The minimum absolute atomic E-state index is 0. The summed E-state index contributed by atoms with van der Waals surface area (Å²) in [7, 11) is 0. The fourth-order valence-corrected chi connectivity index (χ4v) is 0. The predicted molar refractivity (Wildman–Crippen MR) is 75.9 cm³/mol. The Balaban J connectivity index is 0. The van der Waals surface area contributed by atoms with E-state index in [-0.39, 0.29) is 252 Å². The first-order valence-corrected chi connectivity index (χ1v) is 0. The fourth-order valence-electron chi connectivity index (χ4n) is 0. The molecule has 0 amide bonds. The van der Waals surface area contributed by atoms with Gasteiger partial charge in [0.15, 0.2) is 0 Å². The van der Waals surface area contributed by atoms with E-state index < -0.39 is 0 Å². The van der Waals surface area contributed by atoms with Crippen LogP contribution in [0.25, 0.3) is 0 Å². The molecule has 42 N–H and O–H groups in total. The summed E-state index contributed by atoms with van der Waals surface area (Å²) in [6, 6.07) is 0. The van der Waals surface area contributed by atoms with Crippen LogP contribution >= 0.6 is 0 Å². The van der Waals surface area contributed by atoms with Crippen LogP contribution in [-0.4, -0.2) is 115 Å². The first-order chi connectivity index (χ1) is 0. The van der Waals surface area contributed by atoms with Gasteiger partial charge in [-0.3, -0.25) is 0 Å². The zero-order valence-electron chi connectivity index (χ0n) is 12.9. The van der Waals surface area contributed by atoms with Crippen LogP contribution in [0.2, 0.25) is 0 Å². The van der Waals surface area contributed by atoms with Gasteiger partial charge in [-0.15, -0.1) is 0 Å². The molecule has 0 aliphatic rings. The molecular weight excluding hydrogens is 844 g/mol.